The molecule has 0 saturated carbocycles. The Kier molecular flexibility index (Phi) is 5.19. The third-order valence-electron chi connectivity index (χ3n) is 2.80. The summed E-state index contributed by atoms with van der Waals surface area (Å²) in [4.78, 5) is 8.91. The summed E-state index contributed by atoms with van der Waals surface area (Å²) in [6.45, 7) is 11.4. The zero-order valence-corrected chi connectivity index (χ0v) is 11.6. The van der Waals surface area contributed by atoms with E-state index in [1.54, 1.807) is 0 Å². The number of aromatic nitrogens is 2. The van der Waals surface area contributed by atoms with E-state index < -0.39 is 0 Å². The monoisotopic (exact) mass is 236 g/mol. The minimum absolute atomic E-state index is 0.432. The van der Waals surface area contributed by atoms with Crippen LogP contribution in [0.1, 0.15) is 45.0 Å². The average molecular weight is 236 g/mol. The number of anilines is 2. The van der Waals surface area contributed by atoms with Gasteiger partial charge >= 0.3 is 0 Å². The molecule has 1 atom stereocenters. The second-order valence-corrected chi connectivity index (χ2v) is 4.47. The summed E-state index contributed by atoms with van der Waals surface area (Å²) in [5, 5.41) is 6.77. The molecule has 96 valence electrons. The normalized spacial score (nSPS) is 12.3. The topological polar surface area (TPSA) is 49.8 Å². The first kappa shape index (κ1) is 13.7. The first-order chi connectivity index (χ1) is 8.08. The highest BCUT2D eigenvalue weighted by molar-refractivity contribution is 5.57. The molecule has 0 aliphatic heterocycles. The molecule has 0 radical (unpaired) electrons. The van der Waals surface area contributed by atoms with Crippen molar-refractivity contribution in [3.63, 3.8) is 0 Å². The fourth-order valence-corrected chi connectivity index (χ4v) is 1.52. The first-order valence-corrected chi connectivity index (χ1v) is 6.44. The molecule has 1 unspecified atom stereocenters. The van der Waals surface area contributed by atoms with E-state index in [0.717, 1.165) is 42.4 Å². The van der Waals surface area contributed by atoms with Crippen molar-refractivity contribution in [2.24, 2.45) is 0 Å². The third kappa shape index (κ3) is 3.88. The van der Waals surface area contributed by atoms with Gasteiger partial charge in [-0.15, -0.1) is 0 Å². The van der Waals surface area contributed by atoms with E-state index in [9.17, 15) is 0 Å². The average Bonchev–Trinajstić information content (AvgIpc) is 2.31. The second-order valence-electron chi connectivity index (χ2n) is 4.47. The number of hydrogen-bond acceptors (Lipinski definition) is 4. The van der Waals surface area contributed by atoms with E-state index in [1.807, 2.05) is 6.92 Å². The Bertz CT molecular complexity index is 363. The lowest BCUT2D eigenvalue weighted by Gasteiger charge is -2.17. The Balaban J connectivity index is 2.92. The molecule has 0 fully saturated rings. The van der Waals surface area contributed by atoms with Crippen molar-refractivity contribution in [2.45, 2.75) is 53.5 Å². The van der Waals surface area contributed by atoms with Gasteiger partial charge in [-0.25, -0.2) is 9.97 Å². The van der Waals surface area contributed by atoms with Crippen LogP contribution in [-0.2, 0) is 0 Å². The van der Waals surface area contributed by atoms with Gasteiger partial charge in [-0.2, -0.15) is 0 Å². The third-order valence-corrected chi connectivity index (χ3v) is 2.80. The molecule has 0 bridgehead atoms. The van der Waals surface area contributed by atoms with Gasteiger partial charge in [-0.05, 0) is 33.6 Å². The van der Waals surface area contributed by atoms with Gasteiger partial charge in [-0.1, -0.05) is 13.8 Å². The second kappa shape index (κ2) is 6.42. The Morgan fingerprint density at radius 1 is 1.12 bits per heavy atom. The SMILES string of the molecule is CCCNc1nc(C)nc(NC(C)CC)c1C. The molecule has 0 amide bonds. The van der Waals surface area contributed by atoms with Crippen LogP contribution in [0.5, 0.6) is 0 Å². The number of rotatable bonds is 6. The van der Waals surface area contributed by atoms with Crippen molar-refractivity contribution in [1.82, 2.24) is 9.97 Å². The van der Waals surface area contributed by atoms with Crippen LogP contribution in [0.4, 0.5) is 11.6 Å². The Morgan fingerprint density at radius 3 is 2.35 bits per heavy atom. The van der Waals surface area contributed by atoms with Crippen LogP contribution in [0.2, 0.25) is 0 Å². The van der Waals surface area contributed by atoms with Crippen LogP contribution < -0.4 is 10.6 Å². The van der Waals surface area contributed by atoms with E-state index in [4.69, 9.17) is 0 Å². The highest BCUT2D eigenvalue weighted by atomic mass is 15.1. The molecule has 4 heteroatoms. The van der Waals surface area contributed by atoms with Gasteiger partial charge in [0.1, 0.15) is 17.5 Å². The molecule has 1 aromatic rings. The van der Waals surface area contributed by atoms with Crippen LogP contribution in [0.15, 0.2) is 0 Å². The van der Waals surface area contributed by atoms with E-state index >= 15 is 0 Å². The Labute approximate surface area is 104 Å². The summed E-state index contributed by atoms with van der Waals surface area (Å²) >= 11 is 0. The maximum absolute atomic E-state index is 4.47. The smallest absolute Gasteiger partial charge is 0.134 e. The number of hydrogen-bond donors (Lipinski definition) is 2. The van der Waals surface area contributed by atoms with Gasteiger partial charge in [0.2, 0.25) is 0 Å². The molecule has 0 saturated heterocycles. The van der Waals surface area contributed by atoms with E-state index in [2.05, 4.69) is 48.3 Å². The quantitative estimate of drug-likeness (QED) is 0.796. The number of nitrogens with zero attached hydrogens (tertiary/aromatic N) is 2. The van der Waals surface area contributed by atoms with Crippen molar-refractivity contribution in [1.29, 1.82) is 0 Å². The van der Waals surface area contributed by atoms with Crippen LogP contribution in [0.25, 0.3) is 0 Å². The van der Waals surface area contributed by atoms with Crippen LogP contribution >= 0.6 is 0 Å². The molecule has 0 spiro atoms. The maximum atomic E-state index is 4.47. The lowest BCUT2D eigenvalue weighted by molar-refractivity contribution is 0.755. The predicted molar refractivity (Wildman–Crippen MR) is 73.7 cm³/mol. The highest BCUT2D eigenvalue weighted by Gasteiger charge is 2.10. The first-order valence-electron chi connectivity index (χ1n) is 6.44. The maximum Gasteiger partial charge on any atom is 0.134 e. The van der Waals surface area contributed by atoms with Crippen molar-refractivity contribution in [2.75, 3.05) is 17.2 Å². The van der Waals surface area contributed by atoms with Gasteiger partial charge in [0.05, 0.1) is 0 Å². The van der Waals surface area contributed by atoms with Crippen LogP contribution in [0, 0.1) is 13.8 Å². The molecule has 2 N–H and O–H groups in total. The summed E-state index contributed by atoms with van der Waals surface area (Å²) < 4.78 is 0. The number of aryl methyl sites for hydroxylation is 1. The lowest BCUT2D eigenvalue weighted by atomic mass is 10.2. The van der Waals surface area contributed by atoms with E-state index in [0.29, 0.717) is 6.04 Å². The van der Waals surface area contributed by atoms with Crippen molar-refractivity contribution in [3.05, 3.63) is 11.4 Å². The van der Waals surface area contributed by atoms with Gasteiger partial charge < -0.3 is 10.6 Å². The van der Waals surface area contributed by atoms with E-state index in [-0.39, 0.29) is 0 Å². The fourth-order valence-electron chi connectivity index (χ4n) is 1.52. The van der Waals surface area contributed by atoms with Gasteiger partial charge in [0.15, 0.2) is 0 Å². The molecule has 4 nitrogen and oxygen atoms in total. The molecule has 0 aliphatic rings. The van der Waals surface area contributed by atoms with Gasteiger partial charge in [0, 0.05) is 18.2 Å². The standard InChI is InChI=1S/C13H24N4/c1-6-8-14-12-10(4)13(15-9(3)7-2)17-11(5)16-12/h9H,6-8H2,1-5H3,(H2,14,15,16,17). The van der Waals surface area contributed by atoms with Gasteiger partial charge in [0.25, 0.3) is 0 Å². The Morgan fingerprint density at radius 2 is 1.76 bits per heavy atom. The molecule has 1 aromatic heterocycles. The largest absolute Gasteiger partial charge is 0.370 e. The zero-order valence-electron chi connectivity index (χ0n) is 11.6. The minimum atomic E-state index is 0.432. The van der Waals surface area contributed by atoms with E-state index in [1.165, 1.54) is 0 Å². The minimum Gasteiger partial charge on any atom is -0.370 e. The predicted octanol–water partition coefficient (Wildman–Crippen LogP) is 3.13. The van der Waals surface area contributed by atoms with Crippen LogP contribution in [0.3, 0.4) is 0 Å². The number of nitrogens with one attached hydrogen (secondary N) is 2. The van der Waals surface area contributed by atoms with Crippen molar-refractivity contribution in [3.8, 4) is 0 Å². The molecule has 0 aliphatic carbocycles. The Hall–Kier alpha value is -1.32. The lowest BCUT2D eigenvalue weighted by Crippen LogP contribution is -2.17. The van der Waals surface area contributed by atoms with Crippen LogP contribution in [-0.4, -0.2) is 22.6 Å². The zero-order chi connectivity index (χ0) is 12.8. The highest BCUT2D eigenvalue weighted by Crippen LogP contribution is 2.20. The molecule has 1 heterocycles. The molecular formula is C13H24N4. The summed E-state index contributed by atoms with van der Waals surface area (Å²) in [5.74, 6) is 2.70. The molecular weight excluding hydrogens is 212 g/mol. The fraction of sp³-hybridized carbons (Fsp3) is 0.692. The summed E-state index contributed by atoms with van der Waals surface area (Å²) in [7, 11) is 0. The molecule has 17 heavy (non-hydrogen) atoms. The summed E-state index contributed by atoms with van der Waals surface area (Å²) in [5.41, 5.74) is 1.10. The molecule has 1 rings (SSSR count). The van der Waals surface area contributed by atoms with Crippen molar-refractivity contribution >= 4 is 11.6 Å². The summed E-state index contributed by atoms with van der Waals surface area (Å²) in [6.07, 6.45) is 2.18. The van der Waals surface area contributed by atoms with Crippen molar-refractivity contribution < 1.29 is 0 Å². The van der Waals surface area contributed by atoms with Gasteiger partial charge in [-0.3, -0.25) is 0 Å². The molecule has 0 aromatic carbocycles. The summed E-state index contributed by atoms with van der Waals surface area (Å²) in [6, 6.07) is 0.432.